The van der Waals surface area contributed by atoms with Crippen LogP contribution in [0.3, 0.4) is 0 Å². The molecule has 6 heteroatoms. The molecule has 0 bridgehead atoms. The van der Waals surface area contributed by atoms with Crippen molar-refractivity contribution in [3.63, 3.8) is 0 Å². The Balaban J connectivity index is 1.40. The third kappa shape index (κ3) is 4.63. The zero-order valence-corrected chi connectivity index (χ0v) is 16.9. The van der Waals surface area contributed by atoms with Crippen molar-refractivity contribution in [1.82, 2.24) is 9.47 Å². The summed E-state index contributed by atoms with van der Waals surface area (Å²) in [6.45, 7) is 0.928. The van der Waals surface area contributed by atoms with Crippen LogP contribution in [-0.4, -0.2) is 21.8 Å². The van der Waals surface area contributed by atoms with Gasteiger partial charge in [0, 0.05) is 49.0 Å². The molecule has 0 saturated carbocycles. The van der Waals surface area contributed by atoms with E-state index in [9.17, 15) is 18.0 Å². The van der Waals surface area contributed by atoms with Crippen molar-refractivity contribution in [1.29, 1.82) is 0 Å². The van der Waals surface area contributed by atoms with E-state index in [4.69, 9.17) is 0 Å². The summed E-state index contributed by atoms with van der Waals surface area (Å²) in [5.74, 6) is -0.0718. The van der Waals surface area contributed by atoms with Gasteiger partial charge >= 0.3 is 6.18 Å². The van der Waals surface area contributed by atoms with E-state index in [2.05, 4.69) is 0 Å². The fraction of sp³-hybridized carbons (Fsp3) is 0.160. The van der Waals surface area contributed by atoms with Gasteiger partial charge < -0.3 is 9.47 Å². The fourth-order valence-electron chi connectivity index (χ4n) is 3.66. The molecule has 31 heavy (non-hydrogen) atoms. The quantitative estimate of drug-likeness (QED) is 0.378. The largest absolute Gasteiger partial charge is 0.416 e. The summed E-state index contributed by atoms with van der Waals surface area (Å²) in [6.07, 6.45) is 6.44. The summed E-state index contributed by atoms with van der Waals surface area (Å²) in [6, 6.07) is 13.1. The average molecular weight is 422 g/mol. The lowest BCUT2D eigenvalue weighted by atomic mass is 10.1. The predicted molar refractivity (Wildman–Crippen MR) is 115 cm³/mol. The number of hydrogen-bond acceptors (Lipinski definition) is 2. The second-order valence-electron chi connectivity index (χ2n) is 7.52. The van der Waals surface area contributed by atoms with Gasteiger partial charge in [0.1, 0.15) is 0 Å². The lowest BCUT2D eigenvalue weighted by molar-refractivity contribution is -0.137. The van der Waals surface area contributed by atoms with Crippen molar-refractivity contribution in [2.45, 2.75) is 12.7 Å². The standard InChI is InChI=1S/C25H21F3N2O/c1-29-17-22(21-7-2-3-8-23(21)29)24(31)10-9-18-11-13-30(14-12-18)16-19-5-4-6-20(15-19)25(26,27)28/h2-13,15,17H,14,16H2,1H3. The molecule has 3 nitrogen and oxygen atoms in total. The summed E-state index contributed by atoms with van der Waals surface area (Å²) in [4.78, 5) is 14.6. The van der Waals surface area contributed by atoms with Gasteiger partial charge in [-0.1, -0.05) is 42.5 Å². The Labute approximate surface area is 178 Å². The molecule has 0 saturated heterocycles. The van der Waals surface area contributed by atoms with Crippen LogP contribution in [0.5, 0.6) is 0 Å². The monoisotopic (exact) mass is 422 g/mol. The number of fused-ring (bicyclic) bond motifs is 1. The third-order valence-electron chi connectivity index (χ3n) is 5.27. The molecule has 158 valence electrons. The van der Waals surface area contributed by atoms with Crippen LogP contribution >= 0.6 is 0 Å². The molecule has 0 amide bonds. The average Bonchev–Trinajstić information content (AvgIpc) is 3.10. The number of hydrogen-bond donors (Lipinski definition) is 0. The summed E-state index contributed by atoms with van der Waals surface area (Å²) >= 11 is 0. The van der Waals surface area contributed by atoms with Crippen LogP contribution in [0.15, 0.2) is 90.8 Å². The third-order valence-corrected chi connectivity index (χ3v) is 5.27. The first-order valence-corrected chi connectivity index (χ1v) is 9.86. The van der Waals surface area contributed by atoms with Gasteiger partial charge in [0.25, 0.3) is 0 Å². The molecule has 0 aliphatic carbocycles. The molecule has 3 aromatic rings. The first-order chi connectivity index (χ1) is 14.8. The highest BCUT2D eigenvalue weighted by Crippen LogP contribution is 2.30. The molecule has 0 spiro atoms. The molecule has 1 aliphatic rings. The van der Waals surface area contributed by atoms with Crippen molar-refractivity contribution < 1.29 is 18.0 Å². The highest BCUT2D eigenvalue weighted by Gasteiger charge is 2.30. The van der Waals surface area contributed by atoms with E-state index in [-0.39, 0.29) is 5.78 Å². The minimum atomic E-state index is -4.35. The molecule has 0 atom stereocenters. The number of para-hydroxylation sites is 1. The van der Waals surface area contributed by atoms with Crippen LogP contribution in [0.2, 0.25) is 0 Å². The van der Waals surface area contributed by atoms with E-state index in [0.717, 1.165) is 22.5 Å². The number of benzene rings is 2. The van der Waals surface area contributed by atoms with Crippen LogP contribution in [0, 0.1) is 0 Å². The van der Waals surface area contributed by atoms with E-state index in [1.54, 1.807) is 18.2 Å². The summed E-state index contributed by atoms with van der Waals surface area (Å²) < 4.78 is 40.6. The van der Waals surface area contributed by atoms with E-state index in [1.165, 1.54) is 12.1 Å². The predicted octanol–water partition coefficient (Wildman–Crippen LogP) is 5.89. The number of aromatic nitrogens is 1. The number of allylic oxidation sites excluding steroid dienone is 4. The first kappa shape index (κ1) is 20.7. The molecule has 1 aliphatic heterocycles. The molecular weight excluding hydrogens is 401 g/mol. The van der Waals surface area contributed by atoms with E-state index < -0.39 is 11.7 Å². The van der Waals surface area contributed by atoms with Gasteiger partial charge in [-0.3, -0.25) is 4.79 Å². The fourth-order valence-corrected chi connectivity index (χ4v) is 3.66. The topological polar surface area (TPSA) is 25.2 Å². The zero-order chi connectivity index (χ0) is 22.0. The van der Waals surface area contributed by atoms with Crippen LogP contribution < -0.4 is 0 Å². The Kier molecular flexibility index (Phi) is 5.55. The molecule has 2 heterocycles. The summed E-state index contributed by atoms with van der Waals surface area (Å²) in [5.41, 5.74) is 2.49. The molecule has 2 aromatic carbocycles. The SMILES string of the molecule is Cn1cc(C(=O)C=CC2=CCN(Cc3cccc(C(F)(F)F)c3)C=C2)c2ccccc21. The van der Waals surface area contributed by atoms with Gasteiger partial charge in [-0.15, -0.1) is 0 Å². The van der Waals surface area contributed by atoms with Crippen molar-refractivity contribution in [2.24, 2.45) is 7.05 Å². The summed E-state index contributed by atoms with van der Waals surface area (Å²) in [7, 11) is 1.91. The molecule has 0 unspecified atom stereocenters. The van der Waals surface area contributed by atoms with Gasteiger partial charge in [-0.25, -0.2) is 0 Å². The van der Waals surface area contributed by atoms with Crippen molar-refractivity contribution in [3.8, 4) is 0 Å². The van der Waals surface area contributed by atoms with E-state index in [1.807, 2.05) is 65.3 Å². The highest BCUT2D eigenvalue weighted by atomic mass is 19.4. The Bertz CT molecular complexity index is 1210. The highest BCUT2D eigenvalue weighted by molar-refractivity contribution is 6.13. The maximum absolute atomic E-state index is 12.9. The number of nitrogens with zero attached hydrogens (tertiary/aromatic N) is 2. The van der Waals surface area contributed by atoms with Crippen LogP contribution in [0.4, 0.5) is 13.2 Å². The van der Waals surface area contributed by atoms with Gasteiger partial charge in [0.2, 0.25) is 0 Å². The molecule has 1 aromatic heterocycles. The van der Waals surface area contributed by atoms with Crippen LogP contribution in [0.1, 0.15) is 21.5 Å². The van der Waals surface area contributed by atoms with Gasteiger partial charge in [-0.2, -0.15) is 13.2 Å². The Morgan fingerprint density at radius 3 is 2.68 bits per heavy atom. The molecule has 0 radical (unpaired) electrons. The number of carbonyl (C=O) groups is 1. The maximum atomic E-state index is 12.9. The second kappa shape index (κ2) is 8.30. The van der Waals surface area contributed by atoms with Crippen LogP contribution in [-0.2, 0) is 19.8 Å². The smallest absolute Gasteiger partial charge is 0.369 e. The lowest BCUT2D eigenvalue weighted by Gasteiger charge is -2.22. The number of aryl methyl sites for hydroxylation is 1. The zero-order valence-electron chi connectivity index (χ0n) is 16.9. The van der Waals surface area contributed by atoms with Gasteiger partial charge in [0.15, 0.2) is 5.78 Å². The minimum absolute atomic E-state index is 0.0718. The number of rotatable bonds is 5. The number of alkyl halides is 3. The number of ketones is 1. The van der Waals surface area contributed by atoms with Gasteiger partial charge in [-0.05, 0) is 41.5 Å². The Morgan fingerprint density at radius 2 is 1.94 bits per heavy atom. The number of carbonyl (C=O) groups excluding carboxylic acids is 1. The summed E-state index contributed by atoms with van der Waals surface area (Å²) in [5, 5.41) is 0.917. The van der Waals surface area contributed by atoms with Crippen molar-refractivity contribution in [3.05, 3.63) is 107 Å². The Morgan fingerprint density at radius 1 is 1.13 bits per heavy atom. The normalized spacial score (nSPS) is 14.5. The Hall–Kier alpha value is -3.54. The second-order valence-corrected chi connectivity index (χ2v) is 7.52. The molecule has 0 N–H and O–H groups in total. The minimum Gasteiger partial charge on any atom is -0.369 e. The van der Waals surface area contributed by atoms with E-state index in [0.29, 0.717) is 24.2 Å². The maximum Gasteiger partial charge on any atom is 0.416 e. The van der Waals surface area contributed by atoms with Crippen molar-refractivity contribution >= 4 is 16.7 Å². The molecule has 4 rings (SSSR count). The van der Waals surface area contributed by atoms with E-state index >= 15 is 0 Å². The van der Waals surface area contributed by atoms with Crippen molar-refractivity contribution in [2.75, 3.05) is 6.54 Å². The number of halogens is 3. The van der Waals surface area contributed by atoms with Gasteiger partial charge in [0.05, 0.1) is 5.56 Å². The first-order valence-electron chi connectivity index (χ1n) is 9.86. The van der Waals surface area contributed by atoms with Crippen LogP contribution in [0.25, 0.3) is 10.9 Å². The molecule has 0 fully saturated rings. The molecular formula is C25H21F3N2O. The lowest BCUT2D eigenvalue weighted by Crippen LogP contribution is -2.19.